The number of imide groups is 1. The van der Waals surface area contributed by atoms with E-state index in [4.69, 9.17) is 5.11 Å². The van der Waals surface area contributed by atoms with E-state index >= 15 is 0 Å². The van der Waals surface area contributed by atoms with Gasteiger partial charge in [0.25, 0.3) is 5.91 Å². The number of hydrogen-bond acceptors (Lipinski definition) is 3. The van der Waals surface area contributed by atoms with Crippen LogP contribution in [0.4, 0.5) is 4.79 Å². The standard InChI is InChI=1S/C8H12N2O4/c1-3-9-5(2)7(13)10(8(9)14)4-6(11)12/h5H,3-4H2,1-2H3,(H,11,12). The van der Waals surface area contributed by atoms with E-state index in [0.717, 1.165) is 4.90 Å². The van der Waals surface area contributed by atoms with Crippen LogP contribution in [0.1, 0.15) is 13.8 Å². The Morgan fingerprint density at radius 1 is 1.50 bits per heavy atom. The van der Waals surface area contributed by atoms with Crippen LogP contribution in [0.3, 0.4) is 0 Å². The van der Waals surface area contributed by atoms with Crippen LogP contribution < -0.4 is 0 Å². The third-order valence-corrected chi connectivity index (χ3v) is 2.20. The third-order valence-electron chi connectivity index (χ3n) is 2.20. The molecule has 0 aromatic rings. The highest BCUT2D eigenvalue weighted by molar-refractivity contribution is 6.05. The van der Waals surface area contributed by atoms with Crippen molar-refractivity contribution in [3.8, 4) is 0 Å². The molecule has 1 aliphatic heterocycles. The van der Waals surface area contributed by atoms with Crippen LogP contribution in [0.15, 0.2) is 0 Å². The normalized spacial score (nSPS) is 22.0. The lowest BCUT2D eigenvalue weighted by molar-refractivity contribution is -0.141. The van der Waals surface area contributed by atoms with E-state index < -0.39 is 30.5 Å². The quantitative estimate of drug-likeness (QED) is 0.637. The van der Waals surface area contributed by atoms with Gasteiger partial charge >= 0.3 is 12.0 Å². The molecule has 0 bridgehead atoms. The number of aliphatic carboxylic acids is 1. The molecule has 1 fully saturated rings. The zero-order valence-corrected chi connectivity index (χ0v) is 8.06. The molecule has 0 aromatic heterocycles. The van der Waals surface area contributed by atoms with Gasteiger partial charge in [0, 0.05) is 6.54 Å². The van der Waals surface area contributed by atoms with Gasteiger partial charge in [-0.3, -0.25) is 14.5 Å². The number of urea groups is 1. The SMILES string of the molecule is CCN1C(=O)N(CC(=O)O)C(=O)C1C. The van der Waals surface area contributed by atoms with Crippen LogP contribution in [-0.2, 0) is 9.59 Å². The van der Waals surface area contributed by atoms with E-state index in [1.807, 2.05) is 0 Å². The van der Waals surface area contributed by atoms with Crippen molar-refractivity contribution in [1.29, 1.82) is 0 Å². The molecule has 1 unspecified atom stereocenters. The van der Waals surface area contributed by atoms with Crippen LogP contribution in [0.25, 0.3) is 0 Å². The van der Waals surface area contributed by atoms with Crippen molar-refractivity contribution >= 4 is 17.9 Å². The minimum absolute atomic E-state index is 0.405. The van der Waals surface area contributed by atoms with E-state index in [0.29, 0.717) is 6.54 Å². The van der Waals surface area contributed by atoms with Gasteiger partial charge in [-0.1, -0.05) is 0 Å². The molecule has 6 heteroatoms. The minimum Gasteiger partial charge on any atom is -0.480 e. The van der Waals surface area contributed by atoms with Gasteiger partial charge in [0.05, 0.1) is 0 Å². The third kappa shape index (κ3) is 1.55. The lowest BCUT2D eigenvalue weighted by Gasteiger charge is -2.15. The van der Waals surface area contributed by atoms with Crippen LogP contribution in [0.5, 0.6) is 0 Å². The first kappa shape index (κ1) is 10.5. The van der Waals surface area contributed by atoms with Crippen molar-refractivity contribution in [2.75, 3.05) is 13.1 Å². The number of amides is 3. The second kappa shape index (κ2) is 3.65. The highest BCUT2D eigenvalue weighted by Crippen LogP contribution is 2.16. The lowest BCUT2D eigenvalue weighted by atomic mass is 10.3. The van der Waals surface area contributed by atoms with Crippen molar-refractivity contribution in [2.24, 2.45) is 0 Å². The molecule has 0 radical (unpaired) electrons. The van der Waals surface area contributed by atoms with Crippen LogP contribution >= 0.6 is 0 Å². The average Bonchev–Trinajstić information content (AvgIpc) is 2.30. The van der Waals surface area contributed by atoms with Gasteiger partial charge in [0.15, 0.2) is 0 Å². The fourth-order valence-electron chi connectivity index (χ4n) is 1.46. The van der Waals surface area contributed by atoms with Crippen molar-refractivity contribution in [2.45, 2.75) is 19.9 Å². The Hall–Kier alpha value is -1.59. The first-order valence-corrected chi connectivity index (χ1v) is 4.32. The van der Waals surface area contributed by atoms with Crippen LogP contribution in [-0.4, -0.2) is 51.9 Å². The molecule has 1 aliphatic rings. The predicted molar refractivity (Wildman–Crippen MR) is 46.6 cm³/mol. The van der Waals surface area contributed by atoms with Crippen LogP contribution in [0, 0.1) is 0 Å². The maximum absolute atomic E-state index is 11.5. The molecular weight excluding hydrogens is 188 g/mol. The number of nitrogens with zero attached hydrogens (tertiary/aromatic N) is 2. The zero-order chi connectivity index (χ0) is 10.9. The summed E-state index contributed by atoms with van der Waals surface area (Å²) in [6.07, 6.45) is 0. The number of rotatable bonds is 3. The van der Waals surface area contributed by atoms with Crippen molar-refractivity contribution in [1.82, 2.24) is 9.80 Å². The molecule has 1 atom stereocenters. The van der Waals surface area contributed by atoms with Gasteiger partial charge in [-0.25, -0.2) is 4.79 Å². The summed E-state index contributed by atoms with van der Waals surface area (Å²) in [5, 5.41) is 8.49. The van der Waals surface area contributed by atoms with Gasteiger partial charge in [-0.15, -0.1) is 0 Å². The van der Waals surface area contributed by atoms with E-state index in [1.54, 1.807) is 13.8 Å². The number of hydrogen-bond donors (Lipinski definition) is 1. The summed E-state index contributed by atoms with van der Waals surface area (Å²) < 4.78 is 0. The Morgan fingerprint density at radius 3 is 2.43 bits per heavy atom. The Bertz CT molecular complexity index is 289. The zero-order valence-electron chi connectivity index (χ0n) is 8.06. The fraction of sp³-hybridized carbons (Fsp3) is 0.625. The Labute approximate surface area is 81.1 Å². The molecule has 0 aromatic carbocycles. The second-order valence-electron chi connectivity index (χ2n) is 3.06. The summed E-state index contributed by atoms with van der Waals surface area (Å²) in [7, 11) is 0. The molecule has 1 saturated heterocycles. The summed E-state index contributed by atoms with van der Waals surface area (Å²) >= 11 is 0. The topological polar surface area (TPSA) is 77.9 Å². The molecule has 1 N–H and O–H groups in total. The van der Waals surface area contributed by atoms with E-state index in [2.05, 4.69) is 0 Å². The van der Waals surface area contributed by atoms with E-state index in [-0.39, 0.29) is 0 Å². The molecule has 0 aliphatic carbocycles. The number of likely N-dealkylation sites (N-methyl/N-ethyl adjacent to an activating group) is 1. The molecule has 0 spiro atoms. The molecule has 78 valence electrons. The molecule has 6 nitrogen and oxygen atoms in total. The average molecular weight is 200 g/mol. The van der Waals surface area contributed by atoms with Gasteiger partial charge in [0.1, 0.15) is 12.6 Å². The van der Waals surface area contributed by atoms with Gasteiger partial charge in [-0.2, -0.15) is 0 Å². The first-order valence-electron chi connectivity index (χ1n) is 4.32. The van der Waals surface area contributed by atoms with Gasteiger partial charge < -0.3 is 10.0 Å². The lowest BCUT2D eigenvalue weighted by Crippen LogP contribution is -2.36. The molecule has 0 saturated carbocycles. The van der Waals surface area contributed by atoms with Crippen molar-refractivity contribution < 1.29 is 19.5 Å². The number of carboxylic acid groups (broad SMARTS) is 1. The van der Waals surface area contributed by atoms with E-state index in [9.17, 15) is 14.4 Å². The maximum atomic E-state index is 11.5. The van der Waals surface area contributed by atoms with Gasteiger partial charge in [0.2, 0.25) is 0 Å². The Balaban J connectivity index is 2.84. The summed E-state index contributed by atoms with van der Waals surface area (Å²) in [4.78, 5) is 35.4. The second-order valence-corrected chi connectivity index (χ2v) is 3.06. The minimum atomic E-state index is -1.18. The van der Waals surface area contributed by atoms with Crippen molar-refractivity contribution in [3.63, 3.8) is 0 Å². The Kier molecular flexibility index (Phi) is 2.73. The largest absolute Gasteiger partial charge is 0.480 e. The smallest absolute Gasteiger partial charge is 0.327 e. The number of carbonyl (C=O) groups excluding carboxylic acids is 2. The highest BCUT2D eigenvalue weighted by Gasteiger charge is 2.42. The molecule has 1 rings (SSSR count). The highest BCUT2D eigenvalue weighted by atomic mass is 16.4. The number of carbonyl (C=O) groups is 3. The predicted octanol–water partition coefficient (Wildman–Crippen LogP) is -0.256. The van der Waals surface area contributed by atoms with Crippen LogP contribution in [0.2, 0.25) is 0 Å². The first-order chi connectivity index (χ1) is 6.49. The van der Waals surface area contributed by atoms with Gasteiger partial charge in [-0.05, 0) is 13.8 Å². The molecule has 1 heterocycles. The maximum Gasteiger partial charge on any atom is 0.327 e. The molecule has 3 amide bonds. The van der Waals surface area contributed by atoms with E-state index in [1.165, 1.54) is 4.90 Å². The summed E-state index contributed by atoms with van der Waals surface area (Å²) in [6, 6.07) is -1.07. The monoisotopic (exact) mass is 200 g/mol. The molecule has 14 heavy (non-hydrogen) atoms. The summed E-state index contributed by atoms with van der Waals surface area (Å²) in [5.41, 5.74) is 0. The number of carboxylic acids is 1. The summed E-state index contributed by atoms with van der Waals surface area (Å²) in [5.74, 6) is -1.63. The fourth-order valence-corrected chi connectivity index (χ4v) is 1.46. The summed E-state index contributed by atoms with van der Waals surface area (Å²) in [6.45, 7) is 3.18. The molecular formula is C8H12N2O4. The van der Waals surface area contributed by atoms with Crippen molar-refractivity contribution in [3.05, 3.63) is 0 Å². The Morgan fingerprint density at radius 2 is 2.07 bits per heavy atom.